The van der Waals surface area contributed by atoms with E-state index < -0.39 is 5.97 Å². The second-order valence-electron chi connectivity index (χ2n) is 7.82. The first-order valence-electron chi connectivity index (χ1n) is 9.53. The molecule has 4 rings (SSSR count). The molecule has 1 spiro atoms. The summed E-state index contributed by atoms with van der Waals surface area (Å²) in [4.78, 5) is 16.4. The summed E-state index contributed by atoms with van der Waals surface area (Å²) in [5, 5.41) is 9.54. The van der Waals surface area contributed by atoms with Gasteiger partial charge in [-0.05, 0) is 42.0 Å². The van der Waals surface area contributed by atoms with Crippen LogP contribution in [0.2, 0.25) is 0 Å². The van der Waals surface area contributed by atoms with Crippen LogP contribution in [0.4, 0.5) is 4.39 Å². The summed E-state index contributed by atoms with van der Waals surface area (Å²) in [5.41, 5.74) is 2.28. The van der Waals surface area contributed by atoms with Crippen molar-refractivity contribution in [3.05, 3.63) is 58.7 Å². The van der Waals surface area contributed by atoms with E-state index in [1.165, 1.54) is 12.1 Å². The molecule has 2 saturated heterocycles. The third-order valence-corrected chi connectivity index (χ3v) is 6.72. The number of nitrogens with zero attached hydrogens (tertiary/aromatic N) is 2. The zero-order chi connectivity index (χ0) is 19.9. The molecule has 3 aliphatic heterocycles. The Morgan fingerprint density at radius 3 is 2.71 bits per heavy atom. The molecule has 1 aromatic carbocycles. The monoisotopic (exact) mass is 404 g/mol. The fraction of sp³-hybridized carbons (Fsp3) is 0.476. The molecule has 5 nitrogen and oxygen atoms in total. The smallest absolute Gasteiger partial charge is 0.334 e. The van der Waals surface area contributed by atoms with Crippen LogP contribution < -0.4 is 0 Å². The summed E-state index contributed by atoms with van der Waals surface area (Å²) in [5.74, 6) is 0.643. The van der Waals surface area contributed by atoms with Crippen molar-refractivity contribution in [3.63, 3.8) is 0 Å². The largest absolute Gasteiger partial charge is 0.478 e. The molecular formula is C21H25FN2O3S. The van der Waals surface area contributed by atoms with Crippen molar-refractivity contribution in [1.29, 1.82) is 0 Å². The van der Waals surface area contributed by atoms with Crippen molar-refractivity contribution in [2.24, 2.45) is 5.41 Å². The number of hydrogen-bond acceptors (Lipinski definition) is 5. The van der Waals surface area contributed by atoms with Gasteiger partial charge in [0.15, 0.2) is 0 Å². The van der Waals surface area contributed by atoms with E-state index in [2.05, 4.69) is 9.80 Å². The summed E-state index contributed by atoms with van der Waals surface area (Å²) in [6.45, 7) is 7.78. The number of ether oxygens (including phenoxy) is 1. The van der Waals surface area contributed by atoms with Crippen LogP contribution in [0, 0.1) is 11.2 Å². The lowest BCUT2D eigenvalue weighted by molar-refractivity contribution is -0.185. The quantitative estimate of drug-likeness (QED) is 0.785. The Kier molecular flexibility index (Phi) is 5.14. The van der Waals surface area contributed by atoms with E-state index in [0.717, 1.165) is 49.0 Å². The molecular weight excluding hydrogens is 379 g/mol. The number of aliphatic carboxylic acids is 1. The molecule has 0 radical (unpaired) electrons. The maximum atomic E-state index is 13.8. The fourth-order valence-corrected chi connectivity index (χ4v) is 5.33. The Hall–Kier alpha value is -1.99. The number of likely N-dealkylation sites (tertiary alicyclic amines) is 1. The minimum absolute atomic E-state index is 0.253. The summed E-state index contributed by atoms with van der Waals surface area (Å²) >= 11 is 1.60. The SMILES string of the molecule is CCSC1C(C(=O)O)=C(C)C=C(N2CC3(COC3)C2)N1Cc1cccc(F)c1. The highest BCUT2D eigenvalue weighted by Crippen LogP contribution is 2.44. The number of thioether (sulfide) groups is 1. The van der Waals surface area contributed by atoms with E-state index in [-0.39, 0.29) is 16.6 Å². The van der Waals surface area contributed by atoms with E-state index >= 15 is 0 Å². The number of carboxylic acids is 1. The number of benzene rings is 1. The van der Waals surface area contributed by atoms with Gasteiger partial charge in [-0.3, -0.25) is 0 Å². The summed E-state index contributed by atoms with van der Waals surface area (Å²) in [6.07, 6.45) is 1.97. The average molecular weight is 405 g/mol. The molecule has 1 atom stereocenters. The number of halogens is 1. The number of allylic oxidation sites excluding steroid dienone is 2. The lowest BCUT2D eigenvalue weighted by Crippen LogP contribution is -2.67. The molecule has 0 aromatic heterocycles. The van der Waals surface area contributed by atoms with E-state index in [4.69, 9.17) is 4.74 Å². The van der Waals surface area contributed by atoms with Crippen LogP contribution >= 0.6 is 11.8 Å². The van der Waals surface area contributed by atoms with Gasteiger partial charge >= 0.3 is 5.97 Å². The van der Waals surface area contributed by atoms with Crippen molar-refractivity contribution in [1.82, 2.24) is 9.80 Å². The Bertz CT molecular complexity index is 842. The molecule has 1 N–H and O–H groups in total. The van der Waals surface area contributed by atoms with Crippen LogP contribution in [-0.2, 0) is 16.1 Å². The van der Waals surface area contributed by atoms with Gasteiger partial charge in [-0.2, -0.15) is 0 Å². The Balaban J connectivity index is 1.68. The van der Waals surface area contributed by atoms with Gasteiger partial charge in [-0.1, -0.05) is 19.1 Å². The summed E-state index contributed by atoms with van der Waals surface area (Å²) in [7, 11) is 0. The van der Waals surface area contributed by atoms with Gasteiger partial charge in [-0.25, -0.2) is 9.18 Å². The topological polar surface area (TPSA) is 53.0 Å². The van der Waals surface area contributed by atoms with Crippen LogP contribution in [-0.4, -0.2) is 58.3 Å². The van der Waals surface area contributed by atoms with Crippen LogP contribution in [0.3, 0.4) is 0 Å². The summed E-state index contributed by atoms with van der Waals surface area (Å²) < 4.78 is 19.1. The molecule has 0 saturated carbocycles. The van der Waals surface area contributed by atoms with Crippen LogP contribution in [0.15, 0.2) is 47.3 Å². The van der Waals surface area contributed by atoms with E-state index in [1.807, 2.05) is 26.0 Å². The predicted molar refractivity (Wildman–Crippen MR) is 107 cm³/mol. The highest BCUT2D eigenvalue weighted by molar-refractivity contribution is 8.00. The number of carboxylic acid groups (broad SMARTS) is 1. The number of carbonyl (C=O) groups is 1. The van der Waals surface area contributed by atoms with Gasteiger partial charge in [0, 0.05) is 19.6 Å². The van der Waals surface area contributed by atoms with Crippen LogP contribution in [0.1, 0.15) is 19.4 Å². The maximum Gasteiger partial charge on any atom is 0.334 e. The van der Waals surface area contributed by atoms with E-state index in [9.17, 15) is 14.3 Å². The van der Waals surface area contributed by atoms with Gasteiger partial charge in [0.2, 0.25) is 0 Å². The predicted octanol–water partition coefficient (Wildman–Crippen LogP) is 3.30. The molecule has 1 unspecified atom stereocenters. The second-order valence-corrected chi connectivity index (χ2v) is 9.18. The van der Waals surface area contributed by atoms with Crippen LogP contribution in [0.5, 0.6) is 0 Å². The third-order valence-electron chi connectivity index (χ3n) is 5.58. The summed E-state index contributed by atoms with van der Waals surface area (Å²) in [6, 6.07) is 6.53. The highest BCUT2D eigenvalue weighted by atomic mass is 32.2. The van der Waals surface area contributed by atoms with Crippen molar-refractivity contribution >= 4 is 17.7 Å². The Labute approximate surface area is 168 Å². The van der Waals surface area contributed by atoms with Gasteiger partial charge in [0.1, 0.15) is 17.0 Å². The molecule has 1 aromatic rings. The molecule has 0 amide bonds. The number of hydrogen-bond donors (Lipinski definition) is 1. The first-order chi connectivity index (χ1) is 13.4. The molecule has 0 bridgehead atoms. The standard InChI is InChI=1S/C21H25FN2O3S/c1-3-28-19-18(20(25)26)14(2)7-17(23-10-21(11-23)12-27-13-21)24(19)9-15-5-4-6-16(22)8-15/h4-8,19H,3,9-13H2,1-2H3,(H,25,26). The van der Waals surface area contributed by atoms with Crippen molar-refractivity contribution in [3.8, 4) is 0 Å². The molecule has 28 heavy (non-hydrogen) atoms. The molecule has 7 heteroatoms. The van der Waals surface area contributed by atoms with E-state index in [1.54, 1.807) is 17.8 Å². The average Bonchev–Trinajstić information content (AvgIpc) is 2.55. The lowest BCUT2D eigenvalue weighted by atomic mass is 9.78. The third kappa shape index (κ3) is 3.42. The second kappa shape index (κ2) is 7.44. The first-order valence-corrected chi connectivity index (χ1v) is 10.6. The zero-order valence-corrected chi connectivity index (χ0v) is 17.0. The number of rotatable bonds is 6. The van der Waals surface area contributed by atoms with Gasteiger partial charge < -0.3 is 19.6 Å². The fourth-order valence-electron chi connectivity index (χ4n) is 4.20. The molecule has 0 aliphatic carbocycles. The van der Waals surface area contributed by atoms with Crippen molar-refractivity contribution in [2.45, 2.75) is 25.8 Å². The van der Waals surface area contributed by atoms with Gasteiger partial charge in [0.05, 0.1) is 24.2 Å². The Morgan fingerprint density at radius 2 is 2.14 bits per heavy atom. The first kappa shape index (κ1) is 19.3. The minimum atomic E-state index is -0.893. The van der Waals surface area contributed by atoms with Crippen LogP contribution in [0.25, 0.3) is 0 Å². The molecule has 3 heterocycles. The molecule has 2 fully saturated rings. The van der Waals surface area contributed by atoms with Crippen molar-refractivity contribution in [2.75, 3.05) is 32.1 Å². The van der Waals surface area contributed by atoms with Crippen molar-refractivity contribution < 1.29 is 19.0 Å². The van der Waals surface area contributed by atoms with Gasteiger partial charge in [0.25, 0.3) is 0 Å². The molecule has 3 aliphatic rings. The van der Waals surface area contributed by atoms with Gasteiger partial charge in [-0.15, -0.1) is 11.8 Å². The maximum absolute atomic E-state index is 13.8. The Morgan fingerprint density at radius 1 is 1.39 bits per heavy atom. The minimum Gasteiger partial charge on any atom is -0.478 e. The highest BCUT2D eigenvalue weighted by Gasteiger charge is 2.51. The lowest BCUT2D eigenvalue weighted by Gasteiger charge is -2.58. The molecule has 150 valence electrons. The zero-order valence-electron chi connectivity index (χ0n) is 16.2. The normalized spacial score (nSPS) is 23.4. The van der Waals surface area contributed by atoms with E-state index in [0.29, 0.717) is 12.1 Å².